The Morgan fingerprint density at radius 3 is 2.60 bits per heavy atom. The fourth-order valence-electron chi connectivity index (χ4n) is 1.41. The lowest BCUT2D eigenvalue weighted by Crippen LogP contribution is -2.24. The van der Waals surface area contributed by atoms with Crippen LogP contribution in [0.2, 0.25) is 0 Å². The fraction of sp³-hybridized carbons (Fsp3) is 0.400. The highest BCUT2D eigenvalue weighted by Gasteiger charge is 2.30. The van der Waals surface area contributed by atoms with Crippen molar-refractivity contribution in [2.75, 3.05) is 6.61 Å². The minimum atomic E-state index is -1.20. The van der Waals surface area contributed by atoms with Gasteiger partial charge in [0.15, 0.2) is 0 Å². The van der Waals surface area contributed by atoms with Crippen molar-refractivity contribution in [3.05, 3.63) is 23.5 Å². The van der Waals surface area contributed by atoms with Gasteiger partial charge in [-0.25, -0.2) is 4.79 Å². The zero-order valence-electron chi connectivity index (χ0n) is 8.27. The van der Waals surface area contributed by atoms with Crippen molar-refractivity contribution in [1.29, 1.82) is 0 Å². The monoisotopic (exact) mass is 212 g/mol. The fourth-order valence-corrected chi connectivity index (χ4v) is 1.41. The Hall–Kier alpha value is -1.78. The highest BCUT2D eigenvalue weighted by atomic mass is 16.5. The van der Waals surface area contributed by atoms with Crippen LogP contribution in [0.25, 0.3) is 0 Å². The molecule has 0 bridgehead atoms. The Balaban J connectivity index is 2.92. The molecule has 2 N–H and O–H groups in total. The van der Waals surface area contributed by atoms with Crippen LogP contribution < -0.4 is 0 Å². The molecule has 0 aromatic rings. The average molecular weight is 212 g/mol. The number of aliphatic carboxylic acids is 2. The topological polar surface area (TPSA) is 83.8 Å². The number of carboxylic acids is 2. The molecular weight excluding hydrogens is 200 g/mol. The summed E-state index contributed by atoms with van der Waals surface area (Å²) in [6.45, 7) is 2.22. The predicted octanol–water partition coefficient (Wildman–Crippen LogP) is 1.02. The van der Waals surface area contributed by atoms with Gasteiger partial charge in [-0.2, -0.15) is 0 Å². The standard InChI is InChI=1S/C10H12O5/c1-2-15-6-3-4-7(9(11)12)8(5-6)10(13)14/h3-4,8H,2,5H2,1H3,(H,11,12)(H,13,14). The number of ether oxygens (including phenoxy) is 1. The molecule has 1 unspecified atom stereocenters. The van der Waals surface area contributed by atoms with Crippen molar-refractivity contribution in [1.82, 2.24) is 0 Å². The molecule has 0 fully saturated rings. The van der Waals surface area contributed by atoms with Crippen LogP contribution in [-0.2, 0) is 14.3 Å². The third-order valence-corrected chi connectivity index (χ3v) is 2.10. The van der Waals surface area contributed by atoms with Crippen LogP contribution in [0.15, 0.2) is 23.5 Å². The highest BCUT2D eigenvalue weighted by Crippen LogP contribution is 2.26. The van der Waals surface area contributed by atoms with Crippen molar-refractivity contribution in [3.63, 3.8) is 0 Å². The molecule has 0 saturated heterocycles. The molecule has 1 aliphatic rings. The van der Waals surface area contributed by atoms with Crippen LogP contribution in [0.3, 0.4) is 0 Å². The molecule has 5 nitrogen and oxygen atoms in total. The van der Waals surface area contributed by atoms with Crippen LogP contribution in [0.4, 0.5) is 0 Å². The summed E-state index contributed by atoms with van der Waals surface area (Å²) in [6.07, 6.45) is 2.89. The molecule has 1 aliphatic carbocycles. The second-order valence-electron chi connectivity index (χ2n) is 3.09. The quantitative estimate of drug-likeness (QED) is 0.726. The Labute approximate surface area is 86.7 Å². The van der Waals surface area contributed by atoms with Crippen LogP contribution in [0.1, 0.15) is 13.3 Å². The van der Waals surface area contributed by atoms with Gasteiger partial charge >= 0.3 is 11.9 Å². The smallest absolute Gasteiger partial charge is 0.332 e. The van der Waals surface area contributed by atoms with E-state index in [9.17, 15) is 9.59 Å². The van der Waals surface area contributed by atoms with E-state index in [1.165, 1.54) is 12.2 Å². The van der Waals surface area contributed by atoms with E-state index >= 15 is 0 Å². The average Bonchev–Trinajstić information content (AvgIpc) is 2.17. The normalized spacial score (nSPS) is 20.2. The van der Waals surface area contributed by atoms with E-state index in [0.717, 1.165) is 0 Å². The van der Waals surface area contributed by atoms with Gasteiger partial charge in [0, 0.05) is 6.42 Å². The predicted molar refractivity (Wildman–Crippen MR) is 51.2 cm³/mol. The van der Waals surface area contributed by atoms with E-state index in [2.05, 4.69) is 0 Å². The van der Waals surface area contributed by atoms with Crippen LogP contribution in [-0.4, -0.2) is 28.8 Å². The van der Waals surface area contributed by atoms with Crippen LogP contribution in [0.5, 0.6) is 0 Å². The van der Waals surface area contributed by atoms with Crippen LogP contribution >= 0.6 is 0 Å². The molecule has 0 heterocycles. The summed E-state index contributed by atoms with van der Waals surface area (Å²) in [4.78, 5) is 21.6. The zero-order valence-corrected chi connectivity index (χ0v) is 8.27. The second-order valence-corrected chi connectivity index (χ2v) is 3.09. The summed E-state index contributed by atoms with van der Waals surface area (Å²) in [5, 5.41) is 17.6. The maximum atomic E-state index is 10.8. The van der Waals surface area contributed by atoms with E-state index in [0.29, 0.717) is 12.4 Å². The summed E-state index contributed by atoms with van der Waals surface area (Å²) in [6, 6.07) is 0. The third-order valence-electron chi connectivity index (χ3n) is 2.10. The summed E-state index contributed by atoms with van der Waals surface area (Å²) < 4.78 is 5.15. The SMILES string of the molecule is CCOC1=CC=C(C(=O)O)C(C(=O)O)C1. The van der Waals surface area contributed by atoms with E-state index < -0.39 is 17.9 Å². The first-order valence-corrected chi connectivity index (χ1v) is 4.56. The lowest BCUT2D eigenvalue weighted by molar-refractivity contribution is -0.144. The van der Waals surface area contributed by atoms with Gasteiger partial charge in [0.25, 0.3) is 0 Å². The minimum Gasteiger partial charge on any atom is -0.498 e. The van der Waals surface area contributed by atoms with Crippen LogP contribution in [0, 0.1) is 5.92 Å². The molecule has 0 amide bonds. The zero-order chi connectivity index (χ0) is 11.4. The number of hydrogen-bond donors (Lipinski definition) is 2. The Morgan fingerprint density at radius 2 is 2.13 bits per heavy atom. The van der Waals surface area contributed by atoms with Gasteiger partial charge < -0.3 is 14.9 Å². The Bertz CT molecular complexity index is 340. The molecule has 1 rings (SSSR count). The number of rotatable bonds is 4. The number of carboxylic acid groups (broad SMARTS) is 2. The maximum absolute atomic E-state index is 10.8. The summed E-state index contributed by atoms with van der Waals surface area (Å²) in [5.41, 5.74) is -0.106. The largest absolute Gasteiger partial charge is 0.498 e. The molecule has 1 atom stereocenters. The molecule has 82 valence electrons. The first kappa shape index (κ1) is 11.3. The van der Waals surface area contributed by atoms with Gasteiger partial charge in [0.1, 0.15) is 0 Å². The van der Waals surface area contributed by atoms with E-state index in [1.54, 1.807) is 6.92 Å². The molecule has 0 spiro atoms. The minimum absolute atomic E-state index is 0.0985. The van der Waals surface area contributed by atoms with Crippen molar-refractivity contribution in [3.8, 4) is 0 Å². The molecule has 5 heteroatoms. The molecule has 0 aliphatic heterocycles. The van der Waals surface area contributed by atoms with E-state index in [4.69, 9.17) is 14.9 Å². The Morgan fingerprint density at radius 1 is 1.47 bits per heavy atom. The van der Waals surface area contributed by atoms with Crippen molar-refractivity contribution < 1.29 is 24.5 Å². The lowest BCUT2D eigenvalue weighted by Gasteiger charge is -2.19. The van der Waals surface area contributed by atoms with Gasteiger partial charge in [0.2, 0.25) is 0 Å². The lowest BCUT2D eigenvalue weighted by atomic mass is 9.90. The van der Waals surface area contributed by atoms with E-state index in [-0.39, 0.29) is 12.0 Å². The summed E-state index contributed by atoms with van der Waals surface area (Å²) in [7, 11) is 0. The number of hydrogen-bond acceptors (Lipinski definition) is 3. The number of carbonyl (C=O) groups is 2. The summed E-state index contributed by atoms with van der Waals surface area (Å²) >= 11 is 0. The van der Waals surface area contributed by atoms with E-state index in [1.807, 2.05) is 0 Å². The molecule has 0 saturated carbocycles. The molecule has 15 heavy (non-hydrogen) atoms. The van der Waals surface area contributed by atoms with Gasteiger partial charge in [0.05, 0.1) is 23.9 Å². The third kappa shape index (κ3) is 2.59. The van der Waals surface area contributed by atoms with Crippen molar-refractivity contribution in [2.24, 2.45) is 5.92 Å². The Kier molecular flexibility index (Phi) is 3.49. The first-order chi connectivity index (χ1) is 7.06. The second kappa shape index (κ2) is 4.63. The summed E-state index contributed by atoms with van der Waals surface area (Å²) in [5.74, 6) is -2.85. The van der Waals surface area contributed by atoms with Gasteiger partial charge in [-0.05, 0) is 19.1 Å². The number of allylic oxidation sites excluding steroid dienone is 3. The van der Waals surface area contributed by atoms with Gasteiger partial charge in [-0.15, -0.1) is 0 Å². The van der Waals surface area contributed by atoms with Gasteiger partial charge in [-0.3, -0.25) is 4.79 Å². The van der Waals surface area contributed by atoms with Crippen molar-refractivity contribution >= 4 is 11.9 Å². The molecular formula is C10H12O5. The molecule has 0 radical (unpaired) electrons. The maximum Gasteiger partial charge on any atom is 0.332 e. The molecule has 0 aromatic heterocycles. The first-order valence-electron chi connectivity index (χ1n) is 4.56. The van der Waals surface area contributed by atoms with Crippen molar-refractivity contribution in [2.45, 2.75) is 13.3 Å². The highest BCUT2D eigenvalue weighted by molar-refractivity contribution is 5.94. The van der Waals surface area contributed by atoms with Gasteiger partial charge in [-0.1, -0.05) is 0 Å². The molecule has 0 aromatic carbocycles.